The quantitative estimate of drug-likeness (QED) is 0.580. The van der Waals surface area contributed by atoms with E-state index in [2.05, 4.69) is 4.98 Å². The van der Waals surface area contributed by atoms with Crippen LogP contribution in [0.3, 0.4) is 0 Å². The summed E-state index contributed by atoms with van der Waals surface area (Å²) in [6, 6.07) is 3.77. The van der Waals surface area contributed by atoms with Gasteiger partial charge in [0.1, 0.15) is 6.33 Å². The van der Waals surface area contributed by atoms with Crippen molar-refractivity contribution in [2.75, 3.05) is 0 Å². The first-order valence-corrected chi connectivity index (χ1v) is 4.49. The molecule has 0 aliphatic rings. The van der Waals surface area contributed by atoms with Crippen LogP contribution < -0.4 is 5.73 Å². The van der Waals surface area contributed by atoms with Crippen LogP contribution in [0.1, 0.15) is 5.56 Å². The van der Waals surface area contributed by atoms with Crippen molar-refractivity contribution in [3.63, 3.8) is 0 Å². The average Bonchev–Trinajstić information content (AvgIpc) is 2.48. The third-order valence-electron chi connectivity index (χ3n) is 1.98. The normalized spacial score (nSPS) is 10.6. The molecular formula is C9H9ClN4. The number of hydrogen-bond donors (Lipinski definition) is 2. The number of aromatic nitrogens is 2. The van der Waals surface area contributed by atoms with Gasteiger partial charge in [-0.25, -0.2) is 4.98 Å². The van der Waals surface area contributed by atoms with Crippen molar-refractivity contribution >= 4 is 23.0 Å². The van der Waals surface area contributed by atoms with E-state index in [-0.39, 0.29) is 5.84 Å². The molecule has 14 heavy (non-hydrogen) atoms. The van der Waals surface area contributed by atoms with Gasteiger partial charge in [-0.3, -0.25) is 5.41 Å². The zero-order chi connectivity index (χ0) is 10.1. The molecule has 0 bridgehead atoms. The second-order valence-corrected chi connectivity index (χ2v) is 3.38. The molecule has 0 radical (unpaired) electrons. The van der Waals surface area contributed by atoms with Gasteiger partial charge in [-0.05, 0) is 11.6 Å². The third-order valence-corrected chi connectivity index (χ3v) is 2.25. The Hall–Kier alpha value is -1.55. The standard InChI is InChI=1S/C9H9ClN4/c10-9-8-6(4-7(11)12)2-1-3-14(8)5-13-9/h1-3,5H,4H2,(H3,11,12). The number of pyridine rings is 1. The number of nitrogens with zero attached hydrogens (tertiary/aromatic N) is 2. The molecule has 0 aromatic carbocycles. The summed E-state index contributed by atoms with van der Waals surface area (Å²) in [5.74, 6) is 0.121. The molecule has 0 unspecified atom stereocenters. The van der Waals surface area contributed by atoms with Crippen LogP contribution in [0.15, 0.2) is 24.7 Å². The average molecular weight is 209 g/mol. The molecule has 0 atom stereocenters. The lowest BCUT2D eigenvalue weighted by atomic mass is 10.1. The van der Waals surface area contributed by atoms with Crippen molar-refractivity contribution in [3.8, 4) is 0 Å². The maximum Gasteiger partial charge on any atom is 0.155 e. The Balaban J connectivity index is 2.63. The lowest BCUT2D eigenvalue weighted by Gasteiger charge is -2.02. The Morgan fingerprint density at radius 1 is 1.64 bits per heavy atom. The predicted molar refractivity (Wildman–Crippen MR) is 55.8 cm³/mol. The monoisotopic (exact) mass is 208 g/mol. The van der Waals surface area contributed by atoms with E-state index >= 15 is 0 Å². The number of amidine groups is 1. The first kappa shape index (κ1) is 9.02. The molecule has 2 heterocycles. The Morgan fingerprint density at radius 3 is 3.14 bits per heavy atom. The zero-order valence-electron chi connectivity index (χ0n) is 7.37. The second-order valence-electron chi connectivity index (χ2n) is 3.03. The van der Waals surface area contributed by atoms with Crippen molar-refractivity contribution < 1.29 is 0 Å². The summed E-state index contributed by atoms with van der Waals surface area (Å²) in [5.41, 5.74) is 7.09. The third kappa shape index (κ3) is 1.44. The van der Waals surface area contributed by atoms with Crippen LogP contribution in [0.25, 0.3) is 5.52 Å². The van der Waals surface area contributed by atoms with E-state index < -0.39 is 0 Å². The van der Waals surface area contributed by atoms with Crippen LogP contribution in [-0.2, 0) is 6.42 Å². The van der Waals surface area contributed by atoms with E-state index in [1.165, 1.54) is 0 Å². The molecule has 0 saturated carbocycles. The summed E-state index contributed by atoms with van der Waals surface area (Å²) in [7, 11) is 0. The van der Waals surface area contributed by atoms with Crippen LogP contribution in [-0.4, -0.2) is 15.2 Å². The van der Waals surface area contributed by atoms with Crippen molar-refractivity contribution in [1.29, 1.82) is 5.41 Å². The fraction of sp³-hybridized carbons (Fsp3) is 0.111. The first-order chi connectivity index (χ1) is 6.68. The number of halogens is 1. The largest absolute Gasteiger partial charge is 0.387 e. The van der Waals surface area contributed by atoms with Gasteiger partial charge in [0.05, 0.1) is 11.4 Å². The molecule has 4 nitrogen and oxygen atoms in total. The SMILES string of the molecule is N=C(N)Cc1cccn2cnc(Cl)c12. The highest BCUT2D eigenvalue weighted by molar-refractivity contribution is 6.32. The highest BCUT2D eigenvalue weighted by Crippen LogP contribution is 2.19. The second kappa shape index (κ2) is 3.31. The van der Waals surface area contributed by atoms with Gasteiger partial charge < -0.3 is 10.1 Å². The van der Waals surface area contributed by atoms with Crippen LogP contribution in [0.5, 0.6) is 0 Å². The molecule has 0 amide bonds. The molecule has 0 aliphatic carbocycles. The minimum Gasteiger partial charge on any atom is -0.387 e. The van der Waals surface area contributed by atoms with E-state index in [1.54, 1.807) is 6.33 Å². The molecule has 3 N–H and O–H groups in total. The number of hydrogen-bond acceptors (Lipinski definition) is 2. The minimum absolute atomic E-state index is 0.121. The summed E-state index contributed by atoms with van der Waals surface area (Å²) in [6.07, 6.45) is 3.90. The molecule has 0 aliphatic heterocycles. The van der Waals surface area contributed by atoms with Crippen LogP contribution >= 0.6 is 11.6 Å². The highest BCUT2D eigenvalue weighted by Gasteiger charge is 2.07. The molecule has 72 valence electrons. The van der Waals surface area contributed by atoms with Crippen molar-refractivity contribution in [2.45, 2.75) is 6.42 Å². The number of nitrogens with one attached hydrogen (secondary N) is 1. The summed E-state index contributed by atoms with van der Waals surface area (Å²) < 4.78 is 1.82. The van der Waals surface area contributed by atoms with Gasteiger partial charge in [0, 0.05) is 12.6 Å². The summed E-state index contributed by atoms with van der Waals surface area (Å²) in [5, 5.41) is 7.68. The van der Waals surface area contributed by atoms with Gasteiger partial charge in [-0.2, -0.15) is 0 Å². The van der Waals surface area contributed by atoms with Gasteiger partial charge in [-0.15, -0.1) is 0 Å². The molecule has 2 aromatic heterocycles. The molecule has 0 saturated heterocycles. The van der Waals surface area contributed by atoms with Crippen LogP contribution in [0.2, 0.25) is 5.15 Å². The van der Waals surface area contributed by atoms with Crippen molar-refractivity contribution in [2.24, 2.45) is 5.73 Å². The molecule has 2 aromatic rings. The first-order valence-electron chi connectivity index (χ1n) is 4.11. The topological polar surface area (TPSA) is 67.2 Å². The van der Waals surface area contributed by atoms with Gasteiger partial charge >= 0.3 is 0 Å². The Morgan fingerprint density at radius 2 is 2.43 bits per heavy atom. The van der Waals surface area contributed by atoms with E-state index in [9.17, 15) is 0 Å². The van der Waals surface area contributed by atoms with Crippen molar-refractivity contribution in [1.82, 2.24) is 9.38 Å². The van der Waals surface area contributed by atoms with Gasteiger partial charge in [0.25, 0.3) is 0 Å². The lowest BCUT2D eigenvalue weighted by Crippen LogP contribution is -2.13. The maximum atomic E-state index is 7.24. The van der Waals surface area contributed by atoms with Gasteiger partial charge in [0.15, 0.2) is 5.15 Å². The minimum atomic E-state index is 0.121. The highest BCUT2D eigenvalue weighted by atomic mass is 35.5. The van der Waals surface area contributed by atoms with E-state index in [0.29, 0.717) is 11.6 Å². The maximum absolute atomic E-state index is 7.24. The van der Waals surface area contributed by atoms with Crippen LogP contribution in [0.4, 0.5) is 0 Å². The summed E-state index contributed by atoms with van der Waals surface area (Å²) >= 11 is 5.92. The lowest BCUT2D eigenvalue weighted by molar-refractivity contribution is 1.13. The Bertz CT molecular complexity index is 489. The summed E-state index contributed by atoms with van der Waals surface area (Å²) in [6.45, 7) is 0. The number of nitrogens with two attached hydrogens (primary N) is 1. The summed E-state index contributed by atoms with van der Waals surface area (Å²) in [4.78, 5) is 3.98. The smallest absolute Gasteiger partial charge is 0.155 e. The fourth-order valence-corrected chi connectivity index (χ4v) is 1.69. The molecule has 0 spiro atoms. The van der Waals surface area contributed by atoms with Gasteiger partial charge in [0.2, 0.25) is 0 Å². The Labute approximate surface area is 85.8 Å². The zero-order valence-corrected chi connectivity index (χ0v) is 8.12. The molecule has 5 heteroatoms. The predicted octanol–water partition coefficient (Wildman–Crippen LogP) is 1.47. The molecule has 0 fully saturated rings. The van der Waals surface area contributed by atoms with Crippen LogP contribution in [0, 0.1) is 5.41 Å². The fourth-order valence-electron chi connectivity index (χ4n) is 1.43. The number of rotatable bonds is 2. The van der Waals surface area contributed by atoms with E-state index in [0.717, 1.165) is 11.1 Å². The van der Waals surface area contributed by atoms with Gasteiger partial charge in [-0.1, -0.05) is 17.7 Å². The molecular weight excluding hydrogens is 200 g/mol. The molecule has 2 rings (SSSR count). The number of imidazole rings is 1. The van der Waals surface area contributed by atoms with Crippen molar-refractivity contribution in [3.05, 3.63) is 35.4 Å². The Kier molecular flexibility index (Phi) is 2.13. The number of fused-ring (bicyclic) bond motifs is 1. The van der Waals surface area contributed by atoms with E-state index in [4.69, 9.17) is 22.7 Å². The van der Waals surface area contributed by atoms with E-state index in [1.807, 2.05) is 22.7 Å².